The topological polar surface area (TPSA) is 120 Å². The molecule has 144 valence electrons. The van der Waals surface area contributed by atoms with E-state index >= 15 is 0 Å². The Balaban J connectivity index is 1.64. The van der Waals surface area contributed by atoms with E-state index in [1.807, 2.05) is 6.92 Å². The molecule has 0 saturated heterocycles. The summed E-state index contributed by atoms with van der Waals surface area (Å²) in [4.78, 5) is 22.3. The molecule has 0 saturated carbocycles. The summed E-state index contributed by atoms with van der Waals surface area (Å²) in [5.41, 5.74) is 0.716. The zero-order valence-electron chi connectivity index (χ0n) is 14.6. The average Bonchev–Trinajstić information content (AvgIpc) is 3.11. The van der Waals surface area contributed by atoms with Crippen molar-refractivity contribution in [1.29, 1.82) is 0 Å². The first kappa shape index (κ1) is 19.2. The first-order valence-electron chi connectivity index (χ1n) is 8.04. The highest BCUT2D eigenvalue weighted by Gasteiger charge is 2.15. The summed E-state index contributed by atoms with van der Waals surface area (Å²) in [6.07, 6.45) is 1.57. The van der Waals surface area contributed by atoms with E-state index in [-0.39, 0.29) is 23.8 Å². The van der Waals surface area contributed by atoms with Gasteiger partial charge in [-0.15, -0.1) is 0 Å². The standard InChI is InChI=1S/C18H15ClN4O5/c1-11-8-12(19)2-5-17(11)28-10-22-7-6-15(21-22)18(25)20-14-4-3-13(23(26)27)9-16(14)24/h2-9,24H,10H2,1H3,(H,20,25). The monoisotopic (exact) mass is 402 g/mol. The number of nitro groups is 1. The lowest BCUT2D eigenvalue weighted by Crippen LogP contribution is -2.14. The Hall–Kier alpha value is -3.59. The largest absolute Gasteiger partial charge is 0.506 e. The molecule has 0 bridgehead atoms. The zero-order chi connectivity index (χ0) is 20.3. The maximum absolute atomic E-state index is 12.3. The first-order valence-corrected chi connectivity index (χ1v) is 8.42. The van der Waals surface area contributed by atoms with E-state index in [1.54, 1.807) is 24.4 Å². The molecule has 0 radical (unpaired) electrons. The van der Waals surface area contributed by atoms with Gasteiger partial charge in [-0.3, -0.25) is 14.9 Å². The van der Waals surface area contributed by atoms with Crippen LogP contribution in [0.4, 0.5) is 11.4 Å². The van der Waals surface area contributed by atoms with Gasteiger partial charge in [-0.05, 0) is 42.8 Å². The molecule has 0 aliphatic rings. The predicted octanol–water partition coefficient (Wildman–Crippen LogP) is 3.75. The van der Waals surface area contributed by atoms with Gasteiger partial charge in [0.25, 0.3) is 11.6 Å². The van der Waals surface area contributed by atoms with Crippen LogP contribution in [0, 0.1) is 17.0 Å². The lowest BCUT2D eigenvalue weighted by atomic mass is 10.2. The van der Waals surface area contributed by atoms with Gasteiger partial charge in [-0.25, -0.2) is 4.68 Å². The SMILES string of the molecule is Cc1cc(Cl)ccc1OCn1ccc(C(=O)Nc2ccc([N+](=O)[O-])cc2O)n1. The highest BCUT2D eigenvalue weighted by Crippen LogP contribution is 2.28. The number of nitro benzene ring substituents is 1. The number of aromatic nitrogens is 2. The number of hydrogen-bond acceptors (Lipinski definition) is 6. The Morgan fingerprint density at radius 3 is 2.79 bits per heavy atom. The molecule has 2 N–H and O–H groups in total. The number of phenols is 1. The lowest BCUT2D eigenvalue weighted by Gasteiger charge is -2.09. The van der Waals surface area contributed by atoms with Crippen LogP contribution in [0.1, 0.15) is 16.1 Å². The summed E-state index contributed by atoms with van der Waals surface area (Å²) in [6, 6.07) is 10.1. The van der Waals surface area contributed by atoms with Gasteiger partial charge in [0.1, 0.15) is 11.5 Å². The lowest BCUT2D eigenvalue weighted by molar-refractivity contribution is -0.384. The van der Waals surface area contributed by atoms with Gasteiger partial charge in [0.05, 0.1) is 16.7 Å². The molecule has 0 fully saturated rings. The molecule has 0 aliphatic carbocycles. The number of rotatable bonds is 6. The van der Waals surface area contributed by atoms with Crippen molar-refractivity contribution in [3.63, 3.8) is 0 Å². The third kappa shape index (κ3) is 4.38. The first-order chi connectivity index (χ1) is 13.3. The van der Waals surface area contributed by atoms with E-state index in [1.165, 1.54) is 22.9 Å². The Labute approximate surface area is 164 Å². The number of non-ortho nitro benzene ring substituents is 1. The van der Waals surface area contributed by atoms with Crippen molar-refractivity contribution in [1.82, 2.24) is 9.78 Å². The number of carbonyl (C=O) groups excluding carboxylic acids is 1. The minimum Gasteiger partial charge on any atom is -0.506 e. The summed E-state index contributed by atoms with van der Waals surface area (Å²) < 4.78 is 7.08. The van der Waals surface area contributed by atoms with Crippen molar-refractivity contribution in [3.8, 4) is 11.5 Å². The van der Waals surface area contributed by atoms with Crippen LogP contribution < -0.4 is 10.1 Å². The highest BCUT2D eigenvalue weighted by molar-refractivity contribution is 6.30. The molecule has 3 rings (SSSR count). The Kier molecular flexibility index (Phi) is 5.46. The summed E-state index contributed by atoms with van der Waals surface area (Å²) in [7, 11) is 0. The van der Waals surface area contributed by atoms with Gasteiger partial charge in [-0.2, -0.15) is 5.10 Å². The molecule has 10 heteroatoms. The number of carbonyl (C=O) groups is 1. The van der Waals surface area contributed by atoms with Crippen LogP contribution in [0.5, 0.6) is 11.5 Å². The van der Waals surface area contributed by atoms with E-state index in [0.29, 0.717) is 10.8 Å². The number of phenolic OH excluding ortho intramolecular Hbond substituents is 1. The van der Waals surface area contributed by atoms with Crippen LogP contribution in [0.25, 0.3) is 0 Å². The number of aromatic hydroxyl groups is 1. The fourth-order valence-electron chi connectivity index (χ4n) is 2.39. The van der Waals surface area contributed by atoms with Crippen molar-refractivity contribution in [2.24, 2.45) is 0 Å². The number of nitrogens with zero attached hydrogens (tertiary/aromatic N) is 3. The van der Waals surface area contributed by atoms with Crippen molar-refractivity contribution in [3.05, 3.63) is 75.1 Å². The molecule has 0 unspecified atom stereocenters. The minimum absolute atomic E-state index is 0.0400. The van der Waals surface area contributed by atoms with E-state index in [9.17, 15) is 20.0 Å². The summed E-state index contributed by atoms with van der Waals surface area (Å²) in [6.45, 7) is 1.94. The number of aryl methyl sites for hydroxylation is 1. The average molecular weight is 403 g/mol. The molecular formula is C18H15ClN4O5. The highest BCUT2D eigenvalue weighted by atomic mass is 35.5. The second-order valence-corrected chi connectivity index (χ2v) is 6.27. The smallest absolute Gasteiger partial charge is 0.276 e. The third-order valence-electron chi connectivity index (χ3n) is 3.80. The number of nitrogens with one attached hydrogen (secondary N) is 1. The van der Waals surface area contributed by atoms with Gasteiger partial charge in [0.15, 0.2) is 12.4 Å². The minimum atomic E-state index is -0.643. The molecule has 3 aromatic rings. The van der Waals surface area contributed by atoms with E-state index < -0.39 is 16.6 Å². The Bertz CT molecular complexity index is 1050. The second-order valence-electron chi connectivity index (χ2n) is 5.84. The molecule has 0 spiro atoms. The van der Waals surface area contributed by atoms with Gasteiger partial charge in [0.2, 0.25) is 0 Å². The number of ether oxygens (including phenoxy) is 1. The van der Waals surface area contributed by atoms with Gasteiger partial charge >= 0.3 is 0 Å². The Morgan fingerprint density at radius 2 is 2.11 bits per heavy atom. The van der Waals surface area contributed by atoms with E-state index in [2.05, 4.69) is 10.4 Å². The zero-order valence-corrected chi connectivity index (χ0v) is 15.4. The van der Waals surface area contributed by atoms with Gasteiger partial charge in [0, 0.05) is 17.3 Å². The number of halogens is 1. The quantitative estimate of drug-likeness (QED) is 0.368. The fourth-order valence-corrected chi connectivity index (χ4v) is 2.62. The Morgan fingerprint density at radius 1 is 1.32 bits per heavy atom. The molecule has 28 heavy (non-hydrogen) atoms. The predicted molar refractivity (Wildman–Crippen MR) is 102 cm³/mol. The number of benzene rings is 2. The van der Waals surface area contributed by atoms with Crippen LogP contribution in [0.2, 0.25) is 5.02 Å². The molecular weight excluding hydrogens is 388 g/mol. The number of anilines is 1. The van der Waals surface area contributed by atoms with E-state index in [0.717, 1.165) is 11.6 Å². The molecule has 2 aromatic carbocycles. The van der Waals surface area contributed by atoms with Crippen LogP contribution in [-0.2, 0) is 6.73 Å². The van der Waals surface area contributed by atoms with Crippen LogP contribution in [0.15, 0.2) is 48.7 Å². The van der Waals surface area contributed by atoms with Crippen molar-refractivity contribution < 1.29 is 19.6 Å². The fraction of sp³-hybridized carbons (Fsp3) is 0.111. The second kappa shape index (κ2) is 7.97. The van der Waals surface area contributed by atoms with Crippen molar-refractivity contribution in [2.75, 3.05) is 5.32 Å². The normalized spacial score (nSPS) is 10.5. The van der Waals surface area contributed by atoms with Gasteiger partial charge in [-0.1, -0.05) is 11.6 Å². The maximum Gasteiger partial charge on any atom is 0.276 e. The van der Waals surface area contributed by atoms with Gasteiger partial charge < -0.3 is 15.2 Å². The van der Waals surface area contributed by atoms with E-state index in [4.69, 9.17) is 16.3 Å². The van der Waals surface area contributed by atoms with Crippen LogP contribution in [0.3, 0.4) is 0 Å². The third-order valence-corrected chi connectivity index (χ3v) is 4.04. The molecule has 0 atom stereocenters. The molecule has 1 aromatic heterocycles. The number of hydrogen-bond donors (Lipinski definition) is 2. The molecule has 9 nitrogen and oxygen atoms in total. The molecule has 0 aliphatic heterocycles. The summed E-state index contributed by atoms with van der Waals surface area (Å²) in [5, 5.41) is 27.7. The summed E-state index contributed by atoms with van der Waals surface area (Å²) >= 11 is 5.91. The van der Waals surface area contributed by atoms with Crippen molar-refractivity contribution in [2.45, 2.75) is 13.7 Å². The van der Waals surface area contributed by atoms with Crippen LogP contribution in [-0.4, -0.2) is 25.7 Å². The number of amides is 1. The maximum atomic E-state index is 12.3. The summed E-state index contributed by atoms with van der Waals surface area (Å²) in [5.74, 6) is -0.351. The van der Waals surface area contributed by atoms with Crippen molar-refractivity contribution >= 4 is 28.9 Å². The van der Waals surface area contributed by atoms with Crippen LogP contribution >= 0.6 is 11.6 Å². The molecule has 1 heterocycles. The molecule has 1 amide bonds.